The van der Waals surface area contributed by atoms with E-state index >= 15 is 0 Å². The maximum absolute atomic E-state index is 2.41. The summed E-state index contributed by atoms with van der Waals surface area (Å²) in [7, 11) is 0. The van der Waals surface area contributed by atoms with Crippen molar-refractivity contribution >= 4 is 28.1 Å². The molecule has 0 unspecified atom stereocenters. The summed E-state index contributed by atoms with van der Waals surface area (Å²) in [5.74, 6) is 0. The zero-order chi connectivity index (χ0) is 39.3. The van der Waals surface area contributed by atoms with E-state index in [-0.39, 0.29) is 0 Å². The van der Waals surface area contributed by atoms with Crippen molar-refractivity contribution in [3.63, 3.8) is 0 Å². The molecule has 0 amide bonds. The lowest BCUT2D eigenvalue weighted by Crippen LogP contribution is -1.98. The molecule has 1 heterocycles. The average molecular weight is 720 g/mol. The van der Waals surface area contributed by atoms with Crippen LogP contribution in [0.2, 0.25) is 0 Å². The normalized spacial score (nSPS) is 11.8. The van der Waals surface area contributed by atoms with Crippen molar-refractivity contribution in [3.8, 4) is 28.1 Å². The second kappa shape index (κ2) is 19.4. The number of allylic oxidation sites excluding steroid dienone is 5. The molecule has 6 aromatic carbocycles. The van der Waals surface area contributed by atoms with E-state index in [1.54, 1.807) is 0 Å². The highest BCUT2D eigenvalue weighted by molar-refractivity contribution is 5.93. The summed E-state index contributed by atoms with van der Waals surface area (Å²) in [6, 6.07) is 54.6. The predicted octanol–water partition coefficient (Wildman–Crippen LogP) is 15.9. The van der Waals surface area contributed by atoms with Gasteiger partial charge in [-0.05, 0) is 146 Å². The van der Waals surface area contributed by atoms with Gasteiger partial charge in [0, 0.05) is 11.1 Å². The molecule has 0 saturated heterocycles. The van der Waals surface area contributed by atoms with Crippen LogP contribution < -0.4 is 0 Å². The molecule has 0 N–H and O–H groups in total. The Morgan fingerprint density at radius 2 is 1.18 bits per heavy atom. The fraction of sp³-hybridized carbons (Fsp3) is 0.185. The standard InChI is InChI=1S/C45H43N.C7H8.C2H6/c1-7-15-42(31(3)8-2)43-29-38(23-21-33(43)5)45-30-40-28-37(24-25-44(40)46(45)41-18-13-10-14-19-41)36-22-20-32(4)39(27-36)26-34(6)35-16-11-9-12-17-35;1-7-5-3-2-4-6-7;1-2/h7,9-30H,8H2,1-6H3;2-6H,1H3;1-2H3/b15-7-,34-26+,42-31+;;. The molecule has 0 aliphatic rings. The maximum Gasteiger partial charge on any atom is 0.0541 e. The van der Waals surface area contributed by atoms with Gasteiger partial charge >= 0.3 is 0 Å². The van der Waals surface area contributed by atoms with Gasteiger partial charge in [-0.1, -0.05) is 159 Å². The molecule has 0 bridgehead atoms. The second-order valence-corrected chi connectivity index (χ2v) is 14.0. The largest absolute Gasteiger partial charge is 0.309 e. The maximum atomic E-state index is 2.41. The van der Waals surface area contributed by atoms with Gasteiger partial charge in [-0.2, -0.15) is 0 Å². The lowest BCUT2D eigenvalue weighted by molar-refractivity contribution is 1.10. The molecular formula is C54H57N. The van der Waals surface area contributed by atoms with Crippen molar-refractivity contribution in [2.75, 3.05) is 0 Å². The molecule has 7 aromatic rings. The summed E-state index contributed by atoms with van der Waals surface area (Å²) in [5, 5.41) is 1.23. The van der Waals surface area contributed by atoms with Crippen molar-refractivity contribution in [1.82, 2.24) is 4.57 Å². The summed E-state index contributed by atoms with van der Waals surface area (Å²) < 4.78 is 2.41. The average Bonchev–Trinajstić information content (AvgIpc) is 3.61. The quantitative estimate of drug-likeness (QED) is 0.109. The lowest BCUT2D eigenvalue weighted by atomic mass is 9.92. The number of benzene rings is 6. The van der Waals surface area contributed by atoms with Gasteiger partial charge in [0.05, 0.1) is 11.2 Å². The Hall–Kier alpha value is -5.92. The van der Waals surface area contributed by atoms with Crippen LogP contribution in [-0.4, -0.2) is 4.57 Å². The van der Waals surface area contributed by atoms with Crippen LogP contribution in [0.3, 0.4) is 0 Å². The van der Waals surface area contributed by atoms with Gasteiger partial charge in [0.25, 0.3) is 0 Å². The van der Waals surface area contributed by atoms with Crippen LogP contribution in [0.15, 0.2) is 169 Å². The van der Waals surface area contributed by atoms with Crippen molar-refractivity contribution in [2.24, 2.45) is 0 Å². The van der Waals surface area contributed by atoms with Gasteiger partial charge in [-0.3, -0.25) is 0 Å². The topological polar surface area (TPSA) is 4.93 Å². The van der Waals surface area contributed by atoms with Gasteiger partial charge in [0.15, 0.2) is 0 Å². The zero-order valence-corrected chi connectivity index (χ0v) is 34.3. The van der Waals surface area contributed by atoms with E-state index in [2.05, 4.69) is 205 Å². The van der Waals surface area contributed by atoms with Gasteiger partial charge in [0.1, 0.15) is 0 Å². The molecule has 7 rings (SSSR count). The number of aromatic nitrogens is 1. The van der Waals surface area contributed by atoms with E-state index in [1.807, 2.05) is 32.0 Å². The summed E-state index contributed by atoms with van der Waals surface area (Å²) in [5.41, 5.74) is 18.9. The van der Waals surface area contributed by atoms with E-state index in [0.29, 0.717) is 0 Å². The van der Waals surface area contributed by atoms with Crippen LogP contribution in [0.25, 0.3) is 56.2 Å². The van der Waals surface area contributed by atoms with E-state index in [4.69, 9.17) is 0 Å². The summed E-state index contributed by atoms with van der Waals surface area (Å²) in [4.78, 5) is 0. The molecule has 0 aliphatic carbocycles. The first-order chi connectivity index (χ1) is 26.8. The number of para-hydroxylation sites is 1. The third-order valence-corrected chi connectivity index (χ3v) is 10.1. The fourth-order valence-electron chi connectivity index (χ4n) is 6.88. The number of rotatable bonds is 8. The molecule has 1 aromatic heterocycles. The van der Waals surface area contributed by atoms with Crippen molar-refractivity contribution < 1.29 is 0 Å². The molecule has 0 aliphatic heterocycles. The number of aryl methyl sites for hydroxylation is 3. The van der Waals surface area contributed by atoms with Crippen molar-refractivity contribution in [2.45, 2.75) is 68.7 Å². The van der Waals surface area contributed by atoms with Crippen LogP contribution in [-0.2, 0) is 0 Å². The third kappa shape index (κ3) is 9.80. The lowest BCUT2D eigenvalue weighted by Gasteiger charge is -2.15. The molecular weight excluding hydrogens is 663 g/mol. The highest BCUT2D eigenvalue weighted by atomic mass is 15.0. The predicted molar refractivity (Wildman–Crippen MR) is 244 cm³/mol. The molecule has 0 fully saturated rings. The van der Waals surface area contributed by atoms with E-state index < -0.39 is 0 Å². The minimum absolute atomic E-state index is 1.03. The number of hydrogen-bond acceptors (Lipinski definition) is 0. The van der Waals surface area contributed by atoms with Crippen molar-refractivity contribution in [1.29, 1.82) is 0 Å². The molecule has 0 spiro atoms. The summed E-state index contributed by atoms with van der Waals surface area (Å²) >= 11 is 0. The number of hydrogen-bond donors (Lipinski definition) is 0. The van der Waals surface area contributed by atoms with Crippen LogP contribution in [0.4, 0.5) is 0 Å². The third-order valence-electron chi connectivity index (χ3n) is 10.1. The van der Waals surface area contributed by atoms with Gasteiger partial charge in [-0.15, -0.1) is 0 Å². The highest BCUT2D eigenvalue weighted by Gasteiger charge is 2.16. The zero-order valence-electron chi connectivity index (χ0n) is 34.3. The van der Waals surface area contributed by atoms with E-state index in [9.17, 15) is 0 Å². The molecule has 0 radical (unpaired) electrons. The SMILES string of the molecule is C/C=C\C(=C(\C)CC)c1cc(-c2cc3cc(-c4ccc(C)c(/C=C(\C)c5ccccc5)c4)ccc3n2-c2ccccc2)ccc1C.CC.Cc1ccccc1. The van der Waals surface area contributed by atoms with Crippen LogP contribution in [0.1, 0.15) is 81.3 Å². The van der Waals surface area contributed by atoms with Crippen molar-refractivity contribution in [3.05, 3.63) is 203 Å². The number of fused-ring (bicyclic) bond motifs is 1. The monoisotopic (exact) mass is 719 g/mol. The van der Waals surface area contributed by atoms with Gasteiger partial charge in [0.2, 0.25) is 0 Å². The first kappa shape index (κ1) is 40.3. The fourth-order valence-corrected chi connectivity index (χ4v) is 6.88. The first-order valence-corrected chi connectivity index (χ1v) is 19.8. The first-order valence-electron chi connectivity index (χ1n) is 19.8. The van der Waals surface area contributed by atoms with Gasteiger partial charge in [-0.25, -0.2) is 0 Å². The Morgan fingerprint density at radius 1 is 0.600 bits per heavy atom. The Kier molecular flexibility index (Phi) is 14.2. The van der Waals surface area contributed by atoms with E-state index in [1.165, 1.54) is 83.4 Å². The minimum Gasteiger partial charge on any atom is -0.309 e. The second-order valence-electron chi connectivity index (χ2n) is 14.0. The molecule has 0 saturated carbocycles. The Morgan fingerprint density at radius 3 is 1.80 bits per heavy atom. The minimum atomic E-state index is 1.03. The molecule has 278 valence electrons. The van der Waals surface area contributed by atoms with E-state index in [0.717, 1.165) is 12.1 Å². The highest BCUT2D eigenvalue weighted by Crippen LogP contribution is 2.37. The molecule has 1 nitrogen and oxygen atoms in total. The summed E-state index contributed by atoms with van der Waals surface area (Å²) in [6.45, 7) is 19.3. The molecule has 1 heteroatoms. The van der Waals surface area contributed by atoms with Crippen LogP contribution in [0.5, 0.6) is 0 Å². The molecule has 0 atom stereocenters. The number of nitrogens with zero attached hydrogens (tertiary/aromatic N) is 1. The Bertz CT molecular complexity index is 2400. The van der Waals surface area contributed by atoms with Crippen LogP contribution >= 0.6 is 0 Å². The van der Waals surface area contributed by atoms with Crippen LogP contribution in [0, 0.1) is 20.8 Å². The Labute approximate surface area is 331 Å². The summed E-state index contributed by atoms with van der Waals surface area (Å²) in [6.07, 6.45) is 7.75. The van der Waals surface area contributed by atoms with Gasteiger partial charge < -0.3 is 4.57 Å². The Balaban J connectivity index is 0.000000573. The molecule has 55 heavy (non-hydrogen) atoms. The smallest absolute Gasteiger partial charge is 0.0541 e.